The Morgan fingerprint density at radius 2 is 2.27 bits per heavy atom. The van der Waals surface area contributed by atoms with Crippen molar-refractivity contribution in [2.45, 2.75) is 25.8 Å². The molecule has 7 heteroatoms. The van der Waals surface area contributed by atoms with E-state index in [4.69, 9.17) is 5.11 Å². The summed E-state index contributed by atoms with van der Waals surface area (Å²) in [6, 6.07) is 0. The fourth-order valence-electron chi connectivity index (χ4n) is 1.13. The summed E-state index contributed by atoms with van der Waals surface area (Å²) in [5.74, 6) is -0.498. The molecule has 0 aromatic carbocycles. The van der Waals surface area contributed by atoms with Crippen molar-refractivity contribution in [2.75, 3.05) is 0 Å². The molecule has 0 saturated heterocycles. The Labute approximate surface area is 86.0 Å². The van der Waals surface area contributed by atoms with Crippen molar-refractivity contribution in [3.05, 3.63) is 17.4 Å². The summed E-state index contributed by atoms with van der Waals surface area (Å²) in [7, 11) is 0. The van der Waals surface area contributed by atoms with Crippen molar-refractivity contribution in [1.29, 1.82) is 0 Å². The van der Waals surface area contributed by atoms with E-state index in [-0.39, 0.29) is 17.7 Å². The van der Waals surface area contributed by atoms with E-state index in [0.717, 1.165) is 6.42 Å². The quantitative estimate of drug-likeness (QED) is 0.414. The summed E-state index contributed by atoms with van der Waals surface area (Å²) in [4.78, 5) is 22.9. The van der Waals surface area contributed by atoms with Crippen LogP contribution in [0, 0.1) is 4.91 Å². The summed E-state index contributed by atoms with van der Waals surface area (Å²) in [6.45, 7) is 0.694. The highest BCUT2D eigenvalue weighted by atomic mass is 16.4. The summed E-state index contributed by atoms with van der Waals surface area (Å²) < 4.78 is 1.78. The van der Waals surface area contributed by atoms with E-state index in [0.29, 0.717) is 13.0 Å². The molecular weight excluding hydrogens is 202 g/mol. The zero-order valence-electron chi connectivity index (χ0n) is 8.09. The van der Waals surface area contributed by atoms with E-state index in [1.165, 1.54) is 0 Å². The van der Waals surface area contributed by atoms with Crippen LogP contribution in [0.2, 0.25) is 0 Å². The van der Waals surface area contributed by atoms with Crippen LogP contribution in [0.25, 0.3) is 0 Å². The number of aryl methyl sites for hydroxylation is 1. The molecule has 1 heterocycles. The molecule has 0 aliphatic heterocycles. The Hall–Kier alpha value is -1.76. The normalized spacial score (nSPS) is 9.33. The van der Waals surface area contributed by atoms with E-state index < -0.39 is 5.97 Å². The number of rotatable bonds is 6. The van der Waals surface area contributed by atoms with Gasteiger partial charge in [0.2, 0.25) is 6.33 Å². The number of H-pyrrole nitrogens is 1. The molecule has 1 rings (SSSR count). The number of nitroso groups, excluding NO2 is 1. The molecule has 0 spiro atoms. The molecular formula is C8H13N3O4. The summed E-state index contributed by atoms with van der Waals surface area (Å²) in [6.07, 6.45) is 4.82. The van der Waals surface area contributed by atoms with Crippen molar-refractivity contribution in [1.82, 2.24) is 4.98 Å². The zero-order valence-corrected chi connectivity index (χ0v) is 8.09. The Kier molecular flexibility index (Phi) is 5.88. The highest BCUT2D eigenvalue weighted by Gasteiger charge is 2.04. The van der Waals surface area contributed by atoms with Gasteiger partial charge in [-0.25, -0.2) is 9.55 Å². The molecule has 15 heavy (non-hydrogen) atoms. The average molecular weight is 215 g/mol. The maximum absolute atomic E-state index is 10.2. The van der Waals surface area contributed by atoms with Gasteiger partial charge in [0.05, 0.1) is 6.54 Å². The number of carboxylic acid groups (broad SMARTS) is 1. The van der Waals surface area contributed by atoms with Crippen molar-refractivity contribution < 1.29 is 19.9 Å². The fourth-order valence-corrected chi connectivity index (χ4v) is 1.13. The first-order valence-electron chi connectivity index (χ1n) is 4.35. The maximum Gasteiger partial charge on any atom is 0.303 e. The van der Waals surface area contributed by atoms with Gasteiger partial charge >= 0.3 is 5.97 Å². The van der Waals surface area contributed by atoms with Crippen LogP contribution < -0.4 is 4.57 Å². The first kappa shape index (κ1) is 13.2. The van der Waals surface area contributed by atoms with Crippen LogP contribution in [-0.4, -0.2) is 21.5 Å². The fraction of sp³-hybridized carbons (Fsp3) is 0.500. The van der Waals surface area contributed by atoms with Crippen molar-refractivity contribution in [3.8, 4) is 0 Å². The number of nitrogens with zero attached hydrogens (tertiary/aromatic N) is 2. The van der Waals surface area contributed by atoms with Crippen molar-refractivity contribution in [3.63, 3.8) is 0 Å². The SMILES string of the molecule is O=Nc1c[n+](CCCCC(=O)O)c[nH]1.[OH-]. The van der Waals surface area contributed by atoms with Crippen molar-refractivity contribution in [2.24, 2.45) is 5.18 Å². The Morgan fingerprint density at radius 1 is 1.53 bits per heavy atom. The van der Waals surface area contributed by atoms with Gasteiger partial charge in [0, 0.05) is 11.6 Å². The Morgan fingerprint density at radius 3 is 2.80 bits per heavy atom. The van der Waals surface area contributed by atoms with Crippen LogP contribution in [0.1, 0.15) is 19.3 Å². The number of hydrogen-bond donors (Lipinski definition) is 2. The predicted octanol–water partition coefficient (Wildman–Crippen LogP) is 0.778. The third-order valence-electron chi connectivity index (χ3n) is 1.82. The zero-order chi connectivity index (χ0) is 10.4. The lowest BCUT2D eigenvalue weighted by Crippen LogP contribution is -2.30. The van der Waals surface area contributed by atoms with E-state index in [2.05, 4.69) is 10.2 Å². The largest absolute Gasteiger partial charge is 0.870 e. The molecule has 7 nitrogen and oxygen atoms in total. The number of aliphatic carboxylic acids is 1. The molecule has 3 N–H and O–H groups in total. The first-order chi connectivity index (χ1) is 6.72. The standard InChI is InChI=1S/C8H11N3O3.H2O/c12-8(13)3-1-2-4-11-5-7(10-14)9-6-11;/h5-6H,1-4H2,(H,12,13);1H2. The van der Waals surface area contributed by atoms with Crippen LogP contribution in [-0.2, 0) is 11.3 Å². The van der Waals surface area contributed by atoms with Gasteiger partial charge < -0.3 is 10.6 Å². The highest BCUT2D eigenvalue weighted by Crippen LogP contribution is 2.01. The van der Waals surface area contributed by atoms with E-state index in [1.807, 2.05) is 0 Å². The van der Waals surface area contributed by atoms with Crippen molar-refractivity contribution >= 4 is 11.8 Å². The van der Waals surface area contributed by atoms with Gasteiger partial charge in [-0.3, -0.25) is 4.79 Å². The van der Waals surface area contributed by atoms with Crippen LogP contribution in [0.3, 0.4) is 0 Å². The van der Waals surface area contributed by atoms with Crippen LogP contribution >= 0.6 is 0 Å². The molecule has 0 amide bonds. The number of hydrogen-bond acceptors (Lipinski definition) is 4. The molecule has 0 aliphatic rings. The number of unbranched alkanes of at least 4 members (excludes halogenated alkanes) is 1. The molecule has 0 unspecified atom stereocenters. The van der Waals surface area contributed by atoms with Crippen LogP contribution in [0.5, 0.6) is 0 Å². The minimum absolute atomic E-state index is 0. The second-order valence-corrected chi connectivity index (χ2v) is 2.97. The van der Waals surface area contributed by atoms with Crippen LogP contribution in [0.15, 0.2) is 17.7 Å². The highest BCUT2D eigenvalue weighted by molar-refractivity contribution is 5.66. The van der Waals surface area contributed by atoms with Gasteiger partial charge in [-0.1, -0.05) is 0 Å². The van der Waals surface area contributed by atoms with Crippen LogP contribution in [0.4, 0.5) is 5.82 Å². The van der Waals surface area contributed by atoms with Gasteiger partial charge in [0.15, 0.2) is 6.20 Å². The van der Waals surface area contributed by atoms with Gasteiger partial charge in [-0.15, -0.1) is 4.91 Å². The molecule has 1 aromatic rings. The molecule has 0 atom stereocenters. The number of nitrogens with one attached hydrogen (secondary N) is 1. The second kappa shape index (κ2) is 6.66. The Bertz CT molecular complexity index is 323. The lowest BCUT2D eigenvalue weighted by atomic mass is 10.2. The molecule has 0 fully saturated rings. The topological polar surface area (TPSA) is 116 Å². The number of carboxylic acids is 1. The number of carbonyl (C=O) groups is 1. The minimum atomic E-state index is -0.778. The molecule has 0 bridgehead atoms. The number of imidazole rings is 1. The lowest BCUT2D eigenvalue weighted by molar-refractivity contribution is -0.695. The third-order valence-corrected chi connectivity index (χ3v) is 1.82. The Balaban J connectivity index is 0.00000196. The van der Waals surface area contributed by atoms with Gasteiger partial charge in [0.1, 0.15) is 0 Å². The van der Waals surface area contributed by atoms with Gasteiger partial charge in [-0.2, -0.15) is 0 Å². The van der Waals surface area contributed by atoms with E-state index in [9.17, 15) is 9.70 Å². The lowest BCUT2D eigenvalue weighted by Gasteiger charge is -1.94. The molecule has 0 aliphatic carbocycles. The smallest absolute Gasteiger partial charge is 0.303 e. The van der Waals surface area contributed by atoms with Gasteiger partial charge in [-0.05, 0) is 12.8 Å². The monoisotopic (exact) mass is 215 g/mol. The third kappa shape index (κ3) is 4.87. The van der Waals surface area contributed by atoms with E-state index >= 15 is 0 Å². The average Bonchev–Trinajstić information content (AvgIpc) is 2.60. The summed E-state index contributed by atoms with van der Waals surface area (Å²) >= 11 is 0. The van der Waals surface area contributed by atoms with E-state index in [1.54, 1.807) is 17.1 Å². The molecule has 0 saturated carbocycles. The minimum Gasteiger partial charge on any atom is -0.870 e. The van der Waals surface area contributed by atoms with Gasteiger partial charge in [0.25, 0.3) is 5.82 Å². The second-order valence-electron chi connectivity index (χ2n) is 2.97. The maximum atomic E-state index is 10.2. The number of aromatic nitrogens is 2. The number of aromatic amines is 1. The molecule has 0 radical (unpaired) electrons. The summed E-state index contributed by atoms with van der Waals surface area (Å²) in [5, 5.41) is 11.1. The first-order valence-corrected chi connectivity index (χ1v) is 4.35. The predicted molar refractivity (Wildman–Crippen MR) is 49.9 cm³/mol. The summed E-state index contributed by atoms with van der Waals surface area (Å²) in [5.41, 5.74) is 0. The molecule has 84 valence electrons. The molecule has 1 aromatic heterocycles.